The summed E-state index contributed by atoms with van der Waals surface area (Å²) in [5.74, 6) is 0.822. The zero-order valence-corrected chi connectivity index (χ0v) is 7.90. The average Bonchev–Trinajstić information content (AvgIpc) is 2.69. The summed E-state index contributed by atoms with van der Waals surface area (Å²) in [7, 11) is 0. The summed E-state index contributed by atoms with van der Waals surface area (Å²) in [6.45, 7) is 1.87. The second-order valence-corrected chi connectivity index (χ2v) is 2.94. The van der Waals surface area contributed by atoms with Gasteiger partial charge in [0.2, 0.25) is 0 Å². The van der Waals surface area contributed by atoms with Gasteiger partial charge in [-0.2, -0.15) is 0 Å². The maximum atomic E-state index is 9.68. The number of hydrogen-bond donors (Lipinski definition) is 1. The number of hydrogen-bond acceptors (Lipinski definition) is 5. The molecule has 1 radical (unpaired) electrons. The molecule has 0 fully saturated rings. The minimum absolute atomic E-state index is 0.466. The number of nitrogens with zero attached hydrogens (tertiary/aromatic N) is 3. The summed E-state index contributed by atoms with van der Waals surface area (Å²) < 4.78 is 4.44. The number of rotatable bonds is 8. The molecule has 0 aliphatic rings. The van der Waals surface area contributed by atoms with Crippen LogP contribution in [0.4, 0.5) is 0 Å². The molecule has 1 aromatic heterocycles. The predicted molar refractivity (Wildman–Crippen MR) is 48.0 cm³/mol. The highest BCUT2D eigenvalue weighted by Crippen LogP contribution is 2.03. The predicted octanol–water partition coefficient (Wildman–Crippen LogP) is 0.386. The number of aryl methyl sites for hydroxylation is 1. The van der Waals surface area contributed by atoms with E-state index in [1.54, 1.807) is 0 Å². The Morgan fingerprint density at radius 3 is 2.86 bits per heavy atom. The maximum absolute atomic E-state index is 9.68. The Morgan fingerprint density at radius 1 is 1.29 bits per heavy atom. The summed E-state index contributed by atoms with van der Waals surface area (Å²) in [6.07, 6.45) is 4.94. The van der Waals surface area contributed by atoms with Gasteiger partial charge in [0, 0.05) is 6.42 Å². The Hall–Kier alpha value is -1.46. The number of ether oxygens (including phenoxy) is 1. The van der Waals surface area contributed by atoms with Crippen molar-refractivity contribution in [3.63, 3.8) is 0 Å². The van der Waals surface area contributed by atoms with Gasteiger partial charge in [-0.25, -0.2) is 9.89 Å². The number of tetrazole rings is 1. The first kappa shape index (κ1) is 10.6. The molecule has 0 amide bonds. The minimum atomic E-state index is 0.466. The van der Waals surface area contributed by atoms with Crippen LogP contribution in [0.25, 0.3) is 0 Å². The van der Waals surface area contributed by atoms with Crippen molar-refractivity contribution in [2.24, 2.45) is 0 Å². The molecule has 0 unspecified atom stereocenters. The fraction of sp³-hybridized carbons (Fsp3) is 0.750. The molecule has 6 heteroatoms. The molecule has 77 valence electrons. The number of aromatic nitrogens is 4. The zero-order chi connectivity index (χ0) is 10.1. The highest BCUT2D eigenvalue weighted by Gasteiger charge is 1.96. The SMILES string of the molecule is O=[C]OCCCCCCc1nnn[nH]1. The summed E-state index contributed by atoms with van der Waals surface area (Å²) in [5.41, 5.74) is 0. The van der Waals surface area contributed by atoms with Gasteiger partial charge in [0.25, 0.3) is 0 Å². The van der Waals surface area contributed by atoms with Crippen LogP contribution in [0, 0.1) is 0 Å². The lowest BCUT2D eigenvalue weighted by atomic mass is 10.1. The monoisotopic (exact) mass is 197 g/mol. The van der Waals surface area contributed by atoms with Crippen LogP contribution in [0.3, 0.4) is 0 Å². The molecule has 0 spiro atoms. The van der Waals surface area contributed by atoms with Crippen LogP contribution in [0.5, 0.6) is 0 Å². The molecule has 0 aromatic carbocycles. The lowest BCUT2D eigenvalue weighted by Crippen LogP contribution is -1.93. The zero-order valence-electron chi connectivity index (χ0n) is 7.90. The van der Waals surface area contributed by atoms with Crippen LogP contribution >= 0.6 is 0 Å². The second-order valence-electron chi connectivity index (χ2n) is 2.94. The number of aromatic amines is 1. The Morgan fingerprint density at radius 2 is 2.14 bits per heavy atom. The summed E-state index contributed by atoms with van der Waals surface area (Å²) in [6, 6.07) is 0. The van der Waals surface area contributed by atoms with Crippen molar-refractivity contribution in [1.29, 1.82) is 0 Å². The topological polar surface area (TPSA) is 80.8 Å². The van der Waals surface area contributed by atoms with Crippen LogP contribution < -0.4 is 0 Å². The van der Waals surface area contributed by atoms with E-state index in [1.165, 1.54) is 6.47 Å². The quantitative estimate of drug-likeness (QED) is 0.609. The summed E-state index contributed by atoms with van der Waals surface area (Å²) in [5, 5.41) is 13.4. The van der Waals surface area contributed by atoms with Gasteiger partial charge >= 0.3 is 6.47 Å². The average molecular weight is 197 g/mol. The highest BCUT2D eigenvalue weighted by atomic mass is 16.5. The Bertz CT molecular complexity index is 237. The third-order valence-corrected chi connectivity index (χ3v) is 1.86. The van der Waals surface area contributed by atoms with Crippen molar-refractivity contribution < 1.29 is 9.53 Å². The van der Waals surface area contributed by atoms with E-state index in [0.717, 1.165) is 37.9 Å². The van der Waals surface area contributed by atoms with Crippen molar-refractivity contribution in [3.8, 4) is 0 Å². The molecule has 1 aromatic rings. The van der Waals surface area contributed by atoms with Crippen LogP contribution in [-0.4, -0.2) is 33.7 Å². The van der Waals surface area contributed by atoms with E-state index in [2.05, 4.69) is 25.4 Å². The van der Waals surface area contributed by atoms with E-state index in [9.17, 15) is 4.79 Å². The van der Waals surface area contributed by atoms with Crippen molar-refractivity contribution in [3.05, 3.63) is 5.82 Å². The first-order valence-corrected chi connectivity index (χ1v) is 4.65. The van der Waals surface area contributed by atoms with Crippen LogP contribution in [0.1, 0.15) is 31.5 Å². The number of unbranched alkanes of at least 4 members (excludes halogenated alkanes) is 3. The Kier molecular flexibility index (Phi) is 5.30. The molecule has 0 bridgehead atoms. The number of nitrogens with one attached hydrogen (secondary N) is 1. The van der Waals surface area contributed by atoms with Crippen molar-refractivity contribution in [2.45, 2.75) is 32.1 Å². The smallest absolute Gasteiger partial charge is 0.417 e. The minimum Gasteiger partial charge on any atom is -0.457 e. The standard InChI is InChI=1S/C8H13N4O2/c13-7-14-6-4-2-1-3-5-8-9-11-12-10-8/h1-6H2,(H,9,10,11,12). The third kappa shape index (κ3) is 4.54. The van der Waals surface area contributed by atoms with Gasteiger partial charge in [0.05, 0.1) is 6.61 Å². The highest BCUT2D eigenvalue weighted by molar-refractivity contribution is 5.37. The van der Waals surface area contributed by atoms with Gasteiger partial charge in [0.15, 0.2) is 0 Å². The van der Waals surface area contributed by atoms with E-state index in [4.69, 9.17) is 0 Å². The van der Waals surface area contributed by atoms with E-state index in [1.807, 2.05) is 0 Å². The van der Waals surface area contributed by atoms with Crippen LogP contribution in [-0.2, 0) is 16.0 Å². The largest absolute Gasteiger partial charge is 0.457 e. The fourth-order valence-corrected chi connectivity index (χ4v) is 1.15. The molecular weight excluding hydrogens is 184 g/mol. The summed E-state index contributed by atoms with van der Waals surface area (Å²) in [4.78, 5) is 9.68. The molecule has 1 rings (SSSR count). The molecule has 1 N–H and O–H groups in total. The molecule has 0 aliphatic heterocycles. The van der Waals surface area contributed by atoms with Gasteiger partial charge in [-0.1, -0.05) is 12.8 Å². The molecule has 0 saturated heterocycles. The lowest BCUT2D eigenvalue weighted by Gasteiger charge is -1.98. The van der Waals surface area contributed by atoms with Gasteiger partial charge in [0.1, 0.15) is 5.82 Å². The van der Waals surface area contributed by atoms with Crippen molar-refractivity contribution in [2.75, 3.05) is 6.61 Å². The molecular formula is C8H13N4O2. The Balaban J connectivity index is 1.87. The Labute approximate surface area is 82.0 Å². The molecule has 6 nitrogen and oxygen atoms in total. The van der Waals surface area contributed by atoms with Crippen LogP contribution in [0.15, 0.2) is 0 Å². The third-order valence-electron chi connectivity index (χ3n) is 1.86. The molecule has 0 saturated carbocycles. The van der Waals surface area contributed by atoms with E-state index >= 15 is 0 Å². The van der Waals surface area contributed by atoms with E-state index in [0.29, 0.717) is 6.61 Å². The normalized spacial score (nSPS) is 10.0. The molecule has 0 atom stereocenters. The molecule has 1 heterocycles. The molecule has 14 heavy (non-hydrogen) atoms. The first-order chi connectivity index (χ1) is 6.93. The van der Waals surface area contributed by atoms with Crippen molar-refractivity contribution in [1.82, 2.24) is 20.6 Å². The second kappa shape index (κ2) is 6.99. The fourth-order valence-electron chi connectivity index (χ4n) is 1.15. The van der Waals surface area contributed by atoms with Gasteiger partial charge in [-0.15, -0.1) is 5.10 Å². The van der Waals surface area contributed by atoms with Gasteiger partial charge in [-0.3, -0.25) is 0 Å². The number of H-pyrrole nitrogens is 1. The lowest BCUT2D eigenvalue weighted by molar-refractivity contribution is 0.268. The first-order valence-electron chi connectivity index (χ1n) is 4.65. The van der Waals surface area contributed by atoms with Crippen molar-refractivity contribution >= 4 is 6.47 Å². The van der Waals surface area contributed by atoms with E-state index < -0.39 is 0 Å². The maximum Gasteiger partial charge on any atom is 0.417 e. The van der Waals surface area contributed by atoms with Gasteiger partial charge in [-0.05, 0) is 23.3 Å². The molecule has 0 aliphatic carbocycles. The van der Waals surface area contributed by atoms with Crippen LogP contribution in [0.2, 0.25) is 0 Å². The van der Waals surface area contributed by atoms with E-state index in [-0.39, 0.29) is 0 Å². The van der Waals surface area contributed by atoms with Gasteiger partial charge < -0.3 is 4.74 Å². The summed E-state index contributed by atoms with van der Waals surface area (Å²) >= 11 is 0. The number of carbonyl (C=O) groups excluding carboxylic acids is 1.